The lowest BCUT2D eigenvalue weighted by Crippen LogP contribution is -2.42. The van der Waals surface area contributed by atoms with Gasteiger partial charge in [-0.05, 0) is 61.2 Å². The van der Waals surface area contributed by atoms with Crippen LogP contribution in [0.1, 0.15) is 35.8 Å². The average molecular weight is 701 g/mol. The van der Waals surface area contributed by atoms with Crippen molar-refractivity contribution in [2.75, 3.05) is 48.0 Å². The van der Waals surface area contributed by atoms with E-state index >= 15 is 4.39 Å². The minimum Gasteiger partial charge on any atom is -0.490 e. The summed E-state index contributed by atoms with van der Waals surface area (Å²) in [6.07, 6.45) is 1.93. The van der Waals surface area contributed by atoms with Crippen molar-refractivity contribution in [3.8, 4) is 39.5 Å². The Hall–Kier alpha value is -4.98. The smallest absolute Gasteiger partial charge is 0.244 e. The molecule has 0 saturated carbocycles. The summed E-state index contributed by atoms with van der Waals surface area (Å²) in [7, 11) is 6.98. The molecule has 2 N–H and O–H groups in total. The molecule has 3 aromatic heterocycles. The maximum Gasteiger partial charge on any atom is 0.244 e. The molecule has 0 bridgehead atoms. The molecule has 5 aromatic rings. The minimum atomic E-state index is -0.820. The quantitative estimate of drug-likeness (QED) is 0.123. The highest BCUT2D eigenvalue weighted by Crippen LogP contribution is 2.47. The number of hydrogen-bond donors (Lipinski definition) is 2. The monoisotopic (exact) mass is 700 g/mol. The fourth-order valence-electron chi connectivity index (χ4n) is 6.30. The van der Waals surface area contributed by atoms with Gasteiger partial charge in [-0.15, -0.1) is 11.3 Å². The third-order valence-electron chi connectivity index (χ3n) is 8.83. The van der Waals surface area contributed by atoms with Gasteiger partial charge < -0.3 is 19.7 Å². The highest BCUT2D eigenvalue weighted by atomic mass is 32.1. The number of carbonyl (C=O) groups is 2. The largest absolute Gasteiger partial charge is 0.490 e. The molecule has 0 fully saturated rings. The number of fused-ring (bicyclic) bond motifs is 2. The van der Waals surface area contributed by atoms with Crippen LogP contribution in [0, 0.1) is 11.6 Å². The van der Waals surface area contributed by atoms with Gasteiger partial charge in [0.05, 0.1) is 29.6 Å². The summed E-state index contributed by atoms with van der Waals surface area (Å²) in [5.74, 6) is -1.95. The number of pyridine rings is 1. The van der Waals surface area contributed by atoms with Gasteiger partial charge in [0.2, 0.25) is 11.8 Å². The fourth-order valence-corrected chi connectivity index (χ4v) is 7.25. The summed E-state index contributed by atoms with van der Waals surface area (Å²) >= 11 is 1.39. The Bertz CT molecular complexity index is 2090. The number of methoxy groups -OCH3 is 1. The molecule has 13 heteroatoms. The number of nitrogens with zero attached hydrogens (tertiary/aromatic N) is 4. The lowest BCUT2D eigenvalue weighted by atomic mass is 9.89. The summed E-state index contributed by atoms with van der Waals surface area (Å²) in [6.45, 7) is 6.29. The number of likely N-dealkylation sites (N-methyl/N-ethyl adjacent to an activating group) is 2. The molecule has 50 heavy (non-hydrogen) atoms. The molecular weight excluding hydrogens is 663 g/mol. The molecule has 0 unspecified atom stereocenters. The Labute approximate surface area is 292 Å². The van der Waals surface area contributed by atoms with Crippen LogP contribution in [0.2, 0.25) is 0 Å². The first kappa shape index (κ1) is 34.9. The number of carbonyl (C=O) groups excluding carboxylic acids is 2. The summed E-state index contributed by atoms with van der Waals surface area (Å²) in [4.78, 5) is 34.1. The minimum absolute atomic E-state index is 0.00178. The van der Waals surface area contributed by atoms with Crippen LogP contribution in [0.15, 0.2) is 60.5 Å². The van der Waals surface area contributed by atoms with Crippen molar-refractivity contribution < 1.29 is 27.8 Å². The molecule has 2 amide bonds. The zero-order valence-corrected chi connectivity index (χ0v) is 29.3. The van der Waals surface area contributed by atoms with Gasteiger partial charge in [-0.25, -0.2) is 13.8 Å². The molecule has 2 atom stereocenters. The zero-order valence-electron chi connectivity index (χ0n) is 28.5. The van der Waals surface area contributed by atoms with E-state index in [2.05, 4.69) is 33.1 Å². The number of H-pyrrole nitrogens is 1. The van der Waals surface area contributed by atoms with Crippen molar-refractivity contribution in [2.24, 2.45) is 0 Å². The third kappa shape index (κ3) is 6.63. The molecule has 10 nitrogen and oxygen atoms in total. The number of ether oxygens (including phenoxy) is 2. The van der Waals surface area contributed by atoms with Gasteiger partial charge in [0.1, 0.15) is 41.4 Å². The second kappa shape index (κ2) is 14.5. The second-order valence-electron chi connectivity index (χ2n) is 12.4. The Morgan fingerprint density at radius 3 is 2.70 bits per heavy atom. The maximum absolute atomic E-state index is 16.1. The van der Waals surface area contributed by atoms with E-state index in [1.165, 1.54) is 24.5 Å². The average Bonchev–Trinajstić information content (AvgIpc) is 3.78. The first-order valence-electron chi connectivity index (χ1n) is 16.1. The first-order valence-corrected chi connectivity index (χ1v) is 17.0. The summed E-state index contributed by atoms with van der Waals surface area (Å²) < 4.78 is 42.4. The number of rotatable bonds is 11. The number of amides is 2. The zero-order chi connectivity index (χ0) is 35.7. The molecule has 0 radical (unpaired) electrons. The first-order chi connectivity index (χ1) is 24.0. The second-order valence-corrected chi connectivity index (χ2v) is 13.3. The van der Waals surface area contributed by atoms with Gasteiger partial charge in [0.25, 0.3) is 0 Å². The van der Waals surface area contributed by atoms with Gasteiger partial charge in [0, 0.05) is 61.1 Å². The Morgan fingerprint density at radius 1 is 1.16 bits per heavy atom. The molecule has 4 heterocycles. The van der Waals surface area contributed by atoms with Crippen LogP contribution in [0.4, 0.5) is 8.78 Å². The molecule has 260 valence electrons. The third-order valence-corrected chi connectivity index (χ3v) is 9.76. The number of nitrogens with one attached hydrogen (secondary N) is 2. The van der Waals surface area contributed by atoms with E-state index in [0.717, 1.165) is 40.6 Å². The number of hydrogen-bond acceptors (Lipinski definition) is 8. The standard InChI is InChI=1S/C37H38F2N6O4S/c1-7-30(46)40-20(2)27-19-28(43-42-27)34-32(31-26(39)17-23(38)18-29(31)49-14-13-48-6)36-25(11-15-50-36)33(41-34)22-8-9-24-21(16-22)10-12-45(5)35(24)37(47)44(3)4/h7-9,11,15-20,35H,1,10,12-14H2,2-6H3,(H,40,46)(H,42,43)/t20-,35+/m1/s1. The lowest BCUT2D eigenvalue weighted by molar-refractivity contribution is -0.134. The van der Waals surface area contributed by atoms with Gasteiger partial charge in [0.15, 0.2) is 0 Å². The predicted octanol–water partition coefficient (Wildman–Crippen LogP) is 6.30. The van der Waals surface area contributed by atoms with Crippen LogP contribution < -0.4 is 10.1 Å². The van der Waals surface area contributed by atoms with E-state index in [4.69, 9.17) is 14.5 Å². The highest BCUT2D eigenvalue weighted by Gasteiger charge is 2.33. The van der Waals surface area contributed by atoms with Crippen molar-refractivity contribution in [1.29, 1.82) is 0 Å². The van der Waals surface area contributed by atoms with Crippen LogP contribution in [-0.2, 0) is 20.7 Å². The van der Waals surface area contributed by atoms with Crippen LogP contribution in [0.25, 0.3) is 43.9 Å². The van der Waals surface area contributed by atoms with Crippen molar-refractivity contribution in [2.45, 2.75) is 25.4 Å². The molecule has 0 saturated heterocycles. The number of halogens is 2. The van der Waals surface area contributed by atoms with E-state index in [1.807, 2.05) is 30.6 Å². The molecule has 1 aliphatic heterocycles. The van der Waals surface area contributed by atoms with Crippen LogP contribution in [0.5, 0.6) is 5.75 Å². The number of aromatic nitrogens is 3. The molecule has 1 aliphatic rings. The maximum atomic E-state index is 16.1. The molecule has 6 rings (SSSR count). The van der Waals surface area contributed by atoms with Crippen molar-refractivity contribution >= 4 is 33.2 Å². The van der Waals surface area contributed by atoms with Crippen LogP contribution >= 0.6 is 11.3 Å². The predicted molar refractivity (Wildman–Crippen MR) is 190 cm³/mol. The molecular formula is C37H38F2N6O4S. The van der Waals surface area contributed by atoms with E-state index in [0.29, 0.717) is 39.6 Å². The molecule has 2 aromatic carbocycles. The Balaban J connectivity index is 1.58. The SMILES string of the molecule is C=CC(=O)N[C@H](C)c1cc(-c2nc(-c3ccc4c(c3)CCN(C)[C@@H]4C(=O)N(C)C)c3ccsc3c2-c2c(F)cc(F)cc2OCCOC)n[nH]1. The highest BCUT2D eigenvalue weighted by molar-refractivity contribution is 7.18. The number of aromatic amines is 1. The Morgan fingerprint density at radius 2 is 1.96 bits per heavy atom. The van der Waals surface area contributed by atoms with Crippen LogP contribution in [-0.4, -0.2) is 84.8 Å². The van der Waals surface area contributed by atoms with E-state index in [9.17, 15) is 14.0 Å². The normalized spacial score (nSPS) is 15.1. The van der Waals surface area contributed by atoms with Gasteiger partial charge in [-0.3, -0.25) is 19.6 Å². The molecule has 0 spiro atoms. The van der Waals surface area contributed by atoms with Gasteiger partial charge in [-0.2, -0.15) is 5.10 Å². The summed E-state index contributed by atoms with van der Waals surface area (Å²) in [5, 5.41) is 13.0. The van der Waals surface area contributed by atoms with Crippen molar-refractivity contribution in [3.63, 3.8) is 0 Å². The van der Waals surface area contributed by atoms with E-state index in [1.54, 1.807) is 32.0 Å². The number of benzene rings is 2. The van der Waals surface area contributed by atoms with Gasteiger partial charge in [-0.1, -0.05) is 18.7 Å². The van der Waals surface area contributed by atoms with Crippen molar-refractivity contribution in [1.82, 2.24) is 30.3 Å². The molecule has 0 aliphatic carbocycles. The topological polar surface area (TPSA) is 113 Å². The summed E-state index contributed by atoms with van der Waals surface area (Å²) in [5.41, 5.74) is 5.18. The van der Waals surface area contributed by atoms with Crippen molar-refractivity contribution in [3.05, 3.63) is 89.0 Å². The lowest BCUT2D eigenvalue weighted by Gasteiger charge is -2.35. The van der Waals surface area contributed by atoms with E-state index in [-0.39, 0.29) is 36.3 Å². The van der Waals surface area contributed by atoms with E-state index < -0.39 is 23.7 Å². The number of thiophene rings is 1. The summed E-state index contributed by atoms with van der Waals surface area (Å²) in [6, 6.07) is 10.8. The fraction of sp³-hybridized carbons (Fsp3) is 0.297. The Kier molecular flexibility index (Phi) is 10.1. The van der Waals surface area contributed by atoms with Crippen LogP contribution in [0.3, 0.4) is 0 Å². The van der Waals surface area contributed by atoms with Gasteiger partial charge >= 0.3 is 0 Å².